The average molecular weight is 243 g/mol. The largest absolute Gasteiger partial charge is 0.397 e. The molecule has 0 aliphatic heterocycles. The summed E-state index contributed by atoms with van der Waals surface area (Å²) in [5, 5.41) is 0.695. The van der Waals surface area contributed by atoms with Gasteiger partial charge in [-0.25, -0.2) is 0 Å². The van der Waals surface area contributed by atoms with Crippen LogP contribution in [-0.2, 0) is 4.74 Å². The monoisotopic (exact) mass is 242 g/mol. The second-order valence-electron chi connectivity index (χ2n) is 4.04. The van der Waals surface area contributed by atoms with Crippen LogP contribution in [0.4, 0.5) is 11.4 Å². The number of hydrogen-bond donors (Lipinski definition) is 1. The molecule has 0 saturated heterocycles. The minimum absolute atomic E-state index is 0.255. The van der Waals surface area contributed by atoms with Crippen LogP contribution < -0.4 is 10.6 Å². The molecule has 4 heteroatoms. The van der Waals surface area contributed by atoms with Crippen molar-refractivity contribution in [2.24, 2.45) is 0 Å². The maximum Gasteiger partial charge on any atom is 0.0644 e. The summed E-state index contributed by atoms with van der Waals surface area (Å²) >= 11 is 5.93. The molecule has 0 aliphatic carbocycles. The molecule has 1 rings (SSSR count). The van der Waals surface area contributed by atoms with Gasteiger partial charge < -0.3 is 15.4 Å². The number of rotatable bonds is 5. The topological polar surface area (TPSA) is 38.5 Å². The van der Waals surface area contributed by atoms with Crippen molar-refractivity contribution in [2.45, 2.75) is 20.0 Å². The van der Waals surface area contributed by atoms with E-state index in [0.29, 0.717) is 11.6 Å². The highest BCUT2D eigenvalue weighted by atomic mass is 35.5. The summed E-state index contributed by atoms with van der Waals surface area (Å²) in [6.45, 7) is 5.52. The van der Waals surface area contributed by atoms with E-state index < -0.39 is 0 Å². The number of nitrogens with two attached hydrogens (primary N) is 1. The first-order valence-electron chi connectivity index (χ1n) is 5.38. The van der Waals surface area contributed by atoms with E-state index in [9.17, 15) is 0 Å². The molecule has 0 saturated carbocycles. The van der Waals surface area contributed by atoms with Crippen molar-refractivity contribution in [3.63, 3.8) is 0 Å². The number of halogens is 1. The quantitative estimate of drug-likeness (QED) is 0.807. The zero-order chi connectivity index (χ0) is 12.1. The minimum atomic E-state index is 0.255. The van der Waals surface area contributed by atoms with E-state index in [-0.39, 0.29) is 6.10 Å². The molecule has 0 radical (unpaired) electrons. The molecule has 1 aromatic carbocycles. The number of likely N-dealkylation sites (N-methyl/N-ethyl adjacent to an activating group) is 1. The lowest BCUT2D eigenvalue weighted by Crippen LogP contribution is -2.24. The zero-order valence-electron chi connectivity index (χ0n) is 10.0. The summed E-state index contributed by atoms with van der Waals surface area (Å²) < 4.78 is 5.49. The van der Waals surface area contributed by atoms with Crippen molar-refractivity contribution >= 4 is 23.0 Å². The Balaban J connectivity index is 2.58. The molecule has 0 bridgehead atoms. The molecule has 0 aliphatic rings. The maximum atomic E-state index is 5.93. The third kappa shape index (κ3) is 3.91. The Labute approximate surface area is 102 Å². The SMILES string of the molecule is CC(C)OCCN(C)c1cc(Cl)ccc1N. The Morgan fingerprint density at radius 1 is 1.44 bits per heavy atom. The number of nitrogen functional groups attached to an aromatic ring is 1. The van der Waals surface area contributed by atoms with Gasteiger partial charge >= 0.3 is 0 Å². The van der Waals surface area contributed by atoms with Crippen LogP contribution in [0.3, 0.4) is 0 Å². The second-order valence-corrected chi connectivity index (χ2v) is 4.48. The van der Waals surface area contributed by atoms with E-state index in [0.717, 1.165) is 17.9 Å². The standard InChI is InChI=1S/C12H19ClN2O/c1-9(2)16-7-6-15(3)12-8-10(13)4-5-11(12)14/h4-5,8-9H,6-7,14H2,1-3H3. The van der Waals surface area contributed by atoms with E-state index >= 15 is 0 Å². The summed E-state index contributed by atoms with van der Waals surface area (Å²) in [7, 11) is 1.98. The Hall–Kier alpha value is -0.930. The zero-order valence-corrected chi connectivity index (χ0v) is 10.8. The fraction of sp³-hybridized carbons (Fsp3) is 0.500. The van der Waals surface area contributed by atoms with Crippen LogP contribution in [0.15, 0.2) is 18.2 Å². The van der Waals surface area contributed by atoms with Crippen molar-refractivity contribution in [1.82, 2.24) is 0 Å². The summed E-state index contributed by atoms with van der Waals surface area (Å²) in [5.74, 6) is 0. The number of nitrogens with zero attached hydrogens (tertiary/aromatic N) is 1. The van der Waals surface area contributed by atoms with Gasteiger partial charge in [-0.2, -0.15) is 0 Å². The van der Waals surface area contributed by atoms with E-state index in [1.165, 1.54) is 0 Å². The third-order valence-electron chi connectivity index (χ3n) is 2.28. The first kappa shape index (κ1) is 13.1. The first-order chi connectivity index (χ1) is 7.50. The summed E-state index contributed by atoms with van der Waals surface area (Å²) in [6, 6.07) is 5.47. The number of anilines is 2. The molecular weight excluding hydrogens is 224 g/mol. The first-order valence-corrected chi connectivity index (χ1v) is 5.76. The summed E-state index contributed by atoms with van der Waals surface area (Å²) in [6.07, 6.45) is 0.255. The Morgan fingerprint density at radius 3 is 2.75 bits per heavy atom. The minimum Gasteiger partial charge on any atom is -0.397 e. The number of ether oxygens (including phenoxy) is 1. The Morgan fingerprint density at radius 2 is 2.12 bits per heavy atom. The normalized spacial score (nSPS) is 10.8. The van der Waals surface area contributed by atoms with E-state index in [2.05, 4.69) is 0 Å². The summed E-state index contributed by atoms with van der Waals surface area (Å²) in [4.78, 5) is 2.05. The van der Waals surface area contributed by atoms with Gasteiger partial charge in [-0.05, 0) is 32.0 Å². The molecule has 2 N–H and O–H groups in total. The average Bonchev–Trinajstić information content (AvgIpc) is 2.21. The molecule has 0 aromatic heterocycles. The van der Waals surface area contributed by atoms with Crippen LogP contribution in [0.2, 0.25) is 5.02 Å². The molecule has 0 fully saturated rings. The molecule has 90 valence electrons. The van der Waals surface area contributed by atoms with Crippen LogP contribution in [0.1, 0.15) is 13.8 Å². The highest BCUT2D eigenvalue weighted by Gasteiger charge is 2.06. The highest BCUT2D eigenvalue weighted by molar-refractivity contribution is 6.31. The predicted octanol–water partition coefficient (Wildman–Crippen LogP) is 2.78. The Bertz CT molecular complexity index is 342. The molecule has 0 heterocycles. The van der Waals surface area contributed by atoms with Crippen molar-refractivity contribution in [3.8, 4) is 0 Å². The molecule has 16 heavy (non-hydrogen) atoms. The van der Waals surface area contributed by atoms with Gasteiger partial charge in [0.15, 0.2) is 0 Å². The molecule has 1 aromatic rings. The third-order valence-corrected chi connectivity index (χ3v) is 2.52. The van der Waals surface area contributed by atoms with E-state index in [1.807, 2.05) is 37.9 Å². The van der Waals surface area contributed by atoms with Gasteiger partial charge in [0, 0.05) is 18.6 Å². The second kappa shape index (κ2) is 5.97. The fourth-order valence-electron chi connectivity index (χ4n) is 1.39. The lowest BCUT2D eigenvalue weighted by molar-refractivity contribution is 0.0846. The van der Waals surface area contributed by atoms with Crippen LogP contribution >= 0.6 is 11.6 Å². The van der Waals surface area contributed by atoms with Gasteiger partial charge in [0.1, 0.15) is 0 Å². The lowest BCUT2D eigenvalue weighted by atomic mass is 10.2. The number of benzene rings is 1. The molecule has 0 spiro atoms. The number of hydrogen-bond acceptors (Lipinski definition) is 3. The molecule has 3 nitrogen and oxygen atoms in total. The van der Waals surface area contributed by atoms with Gasteiger partial charge in [-0.1, -0.05) is 11.6 Å². The van der Waals surface area contributed by atoms with Crippen molar-refractivity contribution in [1.29, 1.82) is 0 Å². The van der Waals surface area contributed by atoms with Crippen LogP contribution in [0.25, 0.3) is 0 Å². The van der Waals surface area contributed by atoms with Crippen LogP contribution in [0.5, 0.6) is 0 Å². The van der Waals surface area contributed by atoms with Crippen LogP contribution in [0, 0.1) is 0 Å². The van der Waals surface area contributed by atoms with Gasteiger partial charge in [0.2, 0.25) is 0 Å². The van der Waals surface area contributed by atoms with Crippen molar-refractivity contribution in [3.05, 3.63) is 23.2 Å². The maximum absolute atomic E-state index is 5.93. The van der Waals surface area contributed by atoms with Gasteiger partial charge in [-0.15, -0.1) is 0 Å². The van der Waals surface area contributed by atoms with Crippen LogP contribution in [-0.4, -0.2) is 26.3 Å². The fourth-order valence-corrected chi connectivity index (χ4v) is 1.56. The van der Waals surface area contributed by atoms with Crippen molar-refractivity contribution in [2.75, 3.05) is 30.8 Å². The predicted molar refractivity (Wildman–Crippen MR) is 70.2 cm³/mol. The highest BCUT2D eigenvalue weighted by Crippen LogP contribution is 2.25. The molecular formula is C12H19ClN2O. The Kier molecular flexibility index (Phi) is 4.90. The smallest absolute Gasteiger partial charge is 0.0644 e. The lowest BCUT2D eigenvalue weighted by Gasteiger charge is -2.21. The van der Waals surface area contributed by atoms with Gasteiger partial charge in [0.25, 0.3) is 0 Å². The molecule has 0 amide bonds. The summed E-state index contributed by atoms with van der Waals surface area (Å²) in [5.41, 5.74) is 7.56. The van der Waals surface area contributed by atoms with Gasteiger partial charge in [0.05, 0.1) is 24.1 Å². The van der Waals surface area contributed by atoms with Gasteiger partial charge in [-0.3, -0.25) is 0 Å². The molecule has 0 unspecified atom stereocenters. The van der Waals surface area contributed by atoms with E-state index in [1.54, 1.807) is 6.07 Å². The van der Waals surface area contributed by atoms with Crippen molar-refractivity contribution < 1.29 is 4.74 Å². The van der Waals surface area contributed by atoms with E-state index in [4.69, 9.17) is 22.1 Å². The molecule has 0 atom stereocenters.